The largest absolute Gasteiger partial charge is 0.457 e. The molecule has 0 saturated heterocycles. The average Bonchev–Trinajstić information content (AvgIpc) is 2.66. The van der Waals surface area contributed by atoms with Gasteiger partial charge >= 0.3 is 0 Å². The van der Waals surface area contributed by atoms with Crippen molar-refractivity contribution in [3.8, 4) is 22.9 Å². The first-order valence-corrected chi connectivity index (χ1v) is 8.45. The number of benzene rings is 2. The van der Waals surface area contributed by atoms with Gasteiger partial charge in [0.05, 0.1) is 17.9 Å². The van der Waals surface area contributed by atoms with Gasteiger partial charge in [0, 0.05) is 22.8 Å². The lowest BCUT2D eigenvalue weighted by molar-refractivity contribution is 0.0879. The first-order valence-electron chi connectivity index (χ1n) is 8.07. The second-order valence-corrected chi connectivity index (χ2v) is 6.22. The van der Waals surface area contributed by atoms with Crippen molar-refractivity contribution in [1.82, 2.24) is 9.97 Å². The van der Waals surface area contributed by atoms with Crippen LogP contribution >= 0.6 is 11.6 Å². The number of nitrogens with zero attached hydrogens (tertiary/aromatic N) is 2. The third-order valence-electron chi connectivity index (χ3n) is 3.76. The Morgan fingerprint density at radius 2 is 1.93 bits per heavy atom. The minimum absolute atomic E-state index is 0.0604. The molecule has 7 nitrogen and oxygen atoms in total. The molecule has 28 heavy (non-hydrogen) atoms. The highest BCUT2D eigenvalue weighted by Gasteiger charge is 2.19. The zero-order chi connectivity index (χ0) is 20.3. The van der Waals surface area contributed by atoms with Gasteiger partial charge in [-0.05, 0) is 36.4 Å². The highest BCUT2D eigenvalue weighted by Crippen LogP contribution is 2.28. The Balaban J connectivity index is 1.87. The lowest BCUT2D eigenvalue weighted by Crippen LogP contribution is -2.19. The van der Waals surface area contributed by atoms with E-state index in [4.69, 9.17) is 27.2 Å². The predicted octanol–water partition coefficient (Wildman–Crippen LogP) is 2.85. The number of nitrogens with two attached hydrogens (primary N) is 1. The Morgan fingerprint density at radius 1 is 1.21 bits per heavy atom. The van der Waals surface area contributed by atoms with E-state index >= 15 is 0 Å². The van der Waals surface area contributed by atoms with E-state index in [1.165, 1.54) is 24.4 Å². The quantitative estimate of drug-likeness (QED) is 0.582. The van der Waals surface area contributed by atoms with Crippen molar-refractivity contribution in [3.63, 3.8) is 0 Å². The molecule has 1 aromatic heterocycles. The molecule has 1 atom stereocenters. The number of rotatable bonds is 6. The van der Waals surface area contributed by atoms with Crippen LogP contribution in [0.4, 0.5) is 4.39 Å². The number of halogens is 2. The number of primary amides is 1. The van der Waals surface area contributed by atoms with Crippen LogP contribution in [0.2, 0.25) is 5.02 Å². The van der Waals surface area contributed by atoms with E-state index in [2.05, 4.69) is 9.97 Å². The van der Waals surface area contributed by atoms with Gasteiger partial charge in [-0.3, -0.25) is 4.79 Å². The third kappa shape index (κ3) is 4.42. The van der Waals surface area contributed by atoms with Crippen LogP contribution < -0.4 is 10.5 Å². The van der Waals surface area contributed by atoms with E-state index in [9.17, 15) is 14.3 Å². The molecular formula is C19H15ClFN3O4. The van der Waals surface area contributed by atoms with E-state index < -0.39 is 24.4 Å². The topological polar surface area (TPSA) is 119 Å². The van der Waals surface area contributed by atoms with Gasteiger partial charge in [0.15, 0.2) is 5.82 Å². The van der Waals surface area contributed by atoms with Gasteiger partial charge < -0.3 is 20.7 Å². The number of aliphatic hydroxyl groups is 2. The van der Waals surface area contributed by atoms with E-state index in [0.29, 0.717) is 11.3 Å². The Labute approximate surface area is 164 Å². The Hall–Kier alpha value is -3.07. The fourth-order valence-corrected chi connectivity index (χ4v) is 2.67. The number of carbonyl (C=O) groups excluding carboxylic acids is 1. The molecule has 9 heteroatoms. The average molecular weight is 404 g/mol. The Kier molecular flexibility index (Phi) is 5.84. The normalized spacial score (nSPS) is 11.9. The smallest absolute Gasteiger partial charge is 0.252 e. The fraction of sp³-hybridized carbons (Fsp3) is 0.105. The second kappa shape index (κ2) is 8.30. The summed E-state index contributed by atoms with van der Waals surface area (Å²) < 4.78 is 18.9. The van der Waals surface area contributed by atoms with Gasteiger partial charge in [-0.25, -0.2) is 14.4 Å². The highest BCUT2D eigenvalue weighted by atomic mass is 35.5. The van der Waals surface area contributed by atoms with E-state index in [0.717, 1.165) is 0 Å². The van der Waals surface area contributed by atoms with Crippen molar-refractivity contribution in [2.24, 2.45) is 5.73 Å². The number of aromatic nitrogens is 2. The molecule has 0 radical (unpaired) electrons. The van der Waals surface area contributed by atoms with Crippen molar-refractivity contribution in [1.29, 1.82) is 0 Å². The molecule has 4 N–H and O–H groups in total. The van der Waals surface area contributed by atoms with Gasteiger partial charge in [0.1, 0.15) is 23.4 Å². The van der Waals surface area contributed by atoms with Crippen LogP contribution in [0.3, 0.4) is 0 Å². The van der Waals surface area contributed by atoms with Gasteiger partial charge in [-0.2, -0.15) is 0 Å². The number of aliphatic hydroxyl groups excluding tert-OH is 2. The number of amides is 1. The maximum atomic E-state index is 13.4. The van der Waals surface area contributed by atoms with Crippen LogP contribution in [0.25, 0.3) is 11.4 Å². The van der Waals surface area contributed by atoms with Crippen LogP contribution in [0.5, 0.6) is 11.5 Å². The summed E-state index contributed by atoms with van der Waals surface area (Å²) in [7, 11) is 0. The number of hydrogen-bond acceptors (Lipinski definition) is 6. The first kappa shape index (κ1) is 19.7. The van der Waals surface area contributed by atoms with Crippen molar-refractivity contribution < 1.29 is 24.1 Å². The van der Waals surface area contributed by atoms with Crippen molar-refractivity contribution in [3.05, 3.63) is 70.8 Å². The SMILES string of the molecule is NC(=O)c1cnc(-c2ccc(Oc3cc(F)cc(Cl)c3)cc2)nc1C(O)CO. The molecule has 1 heterocycles. The molecule has 3 aromatic rings. The molecule has 0 spiro atoms. The fourth-order valence-electron chi connectivity index (χ4n) is 2.46. The van der Waals surface area contributed by atoms with Gasteiger partial charge in [-0.15, -0.1) is 0 Å². The standard InChI is InChI=1S/C19H15ClFN3O4/c20-11-5-12(21)7-14(6-11)28-13-3-1-10(2-4-13)19-23-8-15(18(22)27)17(24-19)16(26)9-25/h1-8,16,25-26H,9H2,(H2,22,27). The summed E-state index contributed by atoms with van der Waals surface area (Å²) in [5, 5.41) is 19.2. The summed E-state index contributed by atoms with van der Waals surface area (Å²) in [6.07, 6.45) is -0.178. The molecular weight excluding hydrogens is 389 g/mol. The second-order valence-electron chi connectivity index (χ2n) is 5.79. The summed E-state index contributed by atoms with van der Waals surface area (Å²) >= 11 is 5.80. The lowest BCUT2D eigenvalue weighted by Gasteiger charge is -2.12. The highest BCUT2D eigenvalue weighted by molar-refractivity contribution is 6.30. The number of hydrogen-bond donors (Lipinski definition) is 3. The molecule has 0 aliphatic carbocycles. The Morgan fingerprint density at radius 3 is 2.54 bits per heavy atom. The van der Waals surface area contributed by atoms with Crippen molar-refractivity contribution in [2.75, 3.05) is 6.61 Å². The maximum absolute atomic E-state index is 13.4. The summed E-state index contributed by atoms with van der Waals surface area (Å²) in [6.45, 7) is -0.625. The molecule has 144 valence electrons. The summed E-state index contributed by atoms with van der Waals surface area (Å²) in [4.78, 5) is 19.7. The molecule has 0 aliphatic heterocycles. The molecule has 2 aromatic carbocycles. The van der Waals surface area contributed by atoms with Crippen molar-refractivity contribution in [2.45, 2.75) is 6.10 Å². The zero-order valence-electron chi connectivity index (χ0n) is 14.3. The maximum Gasteiger partial charge on any atom is 0.252 e. The monoisotopic (exact) mass is 403 g/mol. The molecule has 0 fully saturated rings. The van der Waals surface area contributed by atoms with Gasteiger partial charge in [0.25, 0.3) is 5.91 Å². The molecule has 1 unspecified atom stereocenters. The summed E-state index contributed by atoms with van der Waals surface area (Å²) in [6, 6.07) is 10.4. The third-order valence-corrected chi connectivity index (χ3v) is 3.97. The van der Waals surface area contributed by atoms with Crippen LogP contribution in [0.15, 0.2) is 48.7 Å². The van der Waals surface area contributed by atoms with E-state index in [-0.39, 0.29) is 27.9 Å². The minimum atomic E-state index is -1.37. The zero-order valence-corrected chi connectivity index (χ0v) is 15.1. The van der Waals surface area contributed by atoms with Crippen molar-refractivity contribution >= 4 is 17.5 Å². The number of carbonyl (C=O) groups is 1. The summed E-state index contributed by atoms with van der Waals surface area (Å²) in [5.41, 5.74) is 5.67. The van der Waals surface area contributed by atoms with Gasteiger partial charge in [0.2, 0.25) is 0 Å². The molecule has 1 amide bonds. The van der Waals surface area contributed by atoms with Gasteiger partial charge in [-0.1, -0.05) is 11.6 Å². The van der Waals surface area contributed by atoms with E-state index in [1.54, 1.807) is 24.3 Å². The van der Waals surface area contributed by atoms with E-state index in [1.807, 2.05) is 0 Å². The van der Waals surface area contributed by atoms with Crippen LogP contribution in [0.1, 0.15) is 22.2 Å². The molecule has 0 bridgehead atoms. The molecule has 0 aliphatic rings. The van der Waals surface area contributed by atoms with Crippen LogP contribution in [0, 0.1) is 5.82 Å². The summed E-state index contributed by atoms with van der Waals surface area (Å²) in [5.74, 6) is -0.445. The molecule has 3 rings (SSSR count). The molecule has 0 saturated carbocycles. The minimum Gasteiger partial charge on any atom is -0.457 e. The number of ether oxygens (including phenoxy) is 1. The van der Waals surface area contributed by atoms with Crippen LogP contribution in [-0.2, 0) is 0 Å². The first-order chi connectivity index (χ1) is 13.4. The lowest BCUT2D eigenvalue weighted by atomic mass is 10.1. The predicted molar refractivity (Wildman–Crippen MR) is 99.5 cm³/mol. The Bertz CT molecular complexity index is 994. The van der Waals surface area contributed by atoms with Crippen LogP contribution in [-0.4, -0.2) is 32.7 Å².